The van der Waals surface area contributed by atoms with Gasteiger partial charge in [-0.05, 0) is 30.0 Å². The largest absolute Gasteiger partial charge is 0.487 e. The fraction of sp³-hybridized carbons (Fsp3) is 0.538. The van der Waals surface area contributed by atoms with Gasteiger partial charge >= 0.3 is 0 Å². The van der Waals surface area contributed by atoms with Crippen LogP contribution < -0.4 is 10.1 Å². The number of nitrogens with one attached hydrogen (secondary N) is 1. The smallest absolute Gasteiger partial charge is 0.123 e. The van der Waals surface area contributed by atoms with Crippen LogP contribution in [0.1, 0.15) is 30.9 Å². The zero-order valence-electron chi connectivity index (χ0n) is 9.71. The molecule has 1 aromatic carbocycles. The summed E-state index contributed by atoms with van der Waals surface area (Å²) in [5.41, 5.74) is 2.58. The Labute approximate surface area is 91.6 Å². The van der Waals surface area contributed by atoms with E-state index in [-0.39, 0.29) is 0 Å². The molecule has 0 unspecified atom stereocenters. The van der Waals surface area contributed by atoms with Gasteiger partial charge in [-0.3, -0.25) is 0 Å². The predicted molar refractivity (Wildman–Crippen MR) is 62.6 cm³/mol. The fourth-order valence-electron chi connectivity index (χ4n) is 1.63. The van der Waals surface area contributed by atoms with Crippen LogP contribution in [0.4, 0.5) is 0 Å². The third-order valence-corrected chi connectivity index (χ3v) is 2.92. The molecule has 0 amide bonds. The molecule has 1 aromatic rings. The van der Waals surface area contributed by atoms with Crippen molar-refractivity contribution >= 4 is 0 Å². The molecule has 1 heterocycles. The van der Waals surface area contributed by atoms with Gasteiger partial charge in [0.2, 0.25) is 0 Å². The van der Waals surface area contributed by atoms with Crippen molar-refractivity contribution in [2.24, 2.45) is 0 Å². The second kappa shape index (κ2) is 4.23. The van der Waals surface area contributed by atoms with Crippen LogP contribution in [-0.2, 0) is 0 Å². The summed E-state index contributed by atoms with van der Waals surface area (Å²) >= 11 is 0. The van der Waals surface area contributed by atoms with Crippen LogP contribution in [-0.4, -0.2) is 19.2 Å². The maximum absolute atomic E-state index is 5.91. The average molecular weight is 205 g/mol. The van der Waals surface area contributed by atoms with E-state index in [1.54, 1.807) is 0 Å². The Kier molecular flexibility index (Phi) is 2.96. The van der Waals surface area contributed by atoms with Gasteiger partial charge in [-0.2, -0.15) is 0 Å². The van der Waals surface area contributed by atoms with E-state index in [9.17, 15) is 0 Å². The predicted octanol–water partition coefficient (Wildman–Crippen LogP) is 2.47. The van der Waals surface area contributed by atoms with Gasteiger partial charge in [0.1, 0.15) is 11.9 Å². The van der Waals surface area contributed by atoms with E-state index in [2.05, 4.69) is 44.3 Å². The summed E-state index contributed by atoms with van der Waals surface area (Å²) in [4.78, 5) is 0. The van der Waals surface area contributed by atoms with Gasteiger partial charge in [0.05, 0.1) is 0 Å². The van der Waals surface area contributed by atoms with Crippen LogP contribution in [0.25, 0.3) is 0 Å². The molecule has 1 aliphatic rings. The van der Waals surface area contributed by atoms with Crippen molar-refractivity contribution in [1.29, 1.82) is 0 Å². The molecule has 0 aliphatic carbocycles. The normalized spacial score (nSPS) is 16.5. The highest BCUT2D eigenvalue weighted by Gasteiger charge is 2.19. The van der Waals surface area contributed by atoms with Crippen LogP contribution in [0.15, 0.2) is 18.2 Å². The fourth-order valence-corrected chi connectivity index (χ4v) is 1.63. The number of rotatable bonds is 3. The molecule has 15 heavy (non-hydrogen) atoms. The average Bonchev–Trinajstić information content (AvgIpc) is 2.13. The SMILES string of the molecule is Cc1ccc(C(C)C)cc1OC1CNC1. The van der Waals surface area contributed by atoms with E-state index in [1.165, 1.54) is 11.1 Å². The minimum atomic E-state index is 0.367. The van der Waals surface area contributed by atoms with E-state index >= 15 is 0 Å². The third kappa shape index (κ3) is 2.32. The molecule has 1 N–H and O–H groups in total. The van der Waals surface area contributed by atoms with E-state index in [0.717, 1.165) is 18.8 Å². The van der Waals surface area contributed by atoms with Crippen molar-refractivity contribution in [1.82, 2.24) is 5.32 Å². The highest BCUT2D eigenvalue weighted by atomic mass is 16.5. The molecule has 1 saturated heterocycles. The Morgan fingerprint density at radius 2 is 2.07 bits per heavy atom. The number of hydrogen-bond acceptors (Lipinski definition) is 2. The standard InChI is InChI=1S/C13H19NO/c1-9(2)11-5-4-10(3)13(6-11)15-12-7-14-8-12/h4-6,9,12,14H,7-8H2,1-3H3. The zero-order chi connectivity index (χ0) is 10.8. The van der Waals surface area contributed by atoms with E-state index in [0.29, 0.717) is 12.0 Å². The van der Waals surface area contributed by atoms with Gasteiger partial charge in [0.25, 0.3) is 0 Å². The topological polar surface area (TPSA) is 21.3 Å². The molecule has 0 bridgehead atoms. The lowest BCUT2D eigenvalue weighted by molar-refractivity contribution is 0.141. The first-order valence-corrected chi connectivity index (χ1v) is 5.64. The van der Waals surface area contributed by atoms with Crippen molar-refractivity contribution in [3.63, 3.8) is 0 Å². The molecule has 0 saturated carbocycles. The van der Waals surface area contributed by atoms with Crippen LogP contribution >= 0.6 is 0 Å². The van der Waals surface area contributed by atoms with Crippen molar-refractivity contribution in [3.05, 3.63) is 29.3 Å². The van der Waals surface area contributed by atoms with E-state index in [1.807, 2.05) is 0 Å². The minimum absolute atomic E-state index is 0.367. The van der Waals surface area contributed by atoms with Crippen molar-refractivity contribution in [2.45, 2.75) is 32.8 Å². The van der Waals surface area contributed by atoms with Gasteiger partial charge in [0.15, 0.2) is 0 Å². The van der Waals surface area contributed by atoms with Crippen molar-refractivity contribution in [2.75, 3.05) is 13.1 Å². The molecule has 0 aromatic heterocycles. The molecule has 0 spiro atoms. The Morgan fingerprint density at radius 3 is 2.60 bits per heavy atom. The van der Waals surface area contributed by atoms with Crippen LogP contribution in [0.2, 0.25) is 0 Å². The van der Waals surface area contributed by atoms with Gasteiger partial charge in [-0.1, -0.05) is 26.0 Å². The summed E-state index contributed by atoms with van der Waals surface area (Å²) in [5.74, 6) is 1.61. The Morgan fingerprint density at radius 1 is 1.33 bits per heavy atom. The van der Waals surface area contributed by atoms with E-state index in [4.69, 9.17) is 4.74 Å². The first-order chi connectivity index (χ1) is 7.16. The lowest BCUT2D eigenvalue weighted by Gasteiger charge is -2.28. The number of ether oxygens (including phenoxy) is 1. The Balaban J connectivity index is 2.16. The summed E-state index contributed by atoms with van der Waals surface area (Å²) in [6, 6.07) is 6.51. The van der Waals surface area contributed by atoms with E-state index < -0.39 is 0 Å². The summed E-state index contributed by atoms with van der Waals surface area (Å²) < 4.78 is 5.91. The first kappa shape index (κ1) is 10.5. The number of benzene rings is 1. The molecule has 0 atom stereocenters. The van der Waals surface area contributed by atoms with Crippen molar-refractivity contribution < 1.29 is 4.74 Å². The molecule has 2 nitrogen and oxygen atoms in total. The lowest BCUT2D eigenvalue weighted by atomic mass is 10.0. The Hall–Kier alpha value is -1.02. The van der Waals surface area contributed by atoms with Gasteiger partial charge in [-0.25, -0.2) is 0 Å². The monoisotopic (exact) mass is 205 g/mol. The molecular weight excluding hydrogens is 186 g/mol. The lowest BCUT2D eigenvalue weighted by Crippen LogP contribution is -2.50. The second-order valence-electron chi connectivity index (χ2n) is 4.58. The quantitative estimate of drug-likeness (QED) is 0.818. The molecule has 2 heteroatoms. The van der Waals surface area contributed by atoms with Crippen molar-refractivity contribution in [3.8, 4) is 5.75 Å². The van der Waals surface area contributed by atoms with Gasteiger partial charge in [-0.15, -0.1) is 0 Å². The first-order valence-electron chi connectivity index (χ1n) is 5.64. The number of hydrogen-bond donors (Lipinski definition) is 1. The molecule has 1 aliphatic heterocycles. The molecule has 0 radical (unpaired) electrons. The molecular formula is C13H19NO. The zero-order valence-corrected chi connectivity index (χ0v) is 9.71. The highest BCUT2D eigenvalue weighted by Crippen LogP contribution is 2.25. The summed E-state index contributed by atoms with van der Waals surface area (Å²) in [6.45, 7) is 8.47. The molecule has 1 fully saturated rings. The van der Waals surface area contributed by atoms with Crippen LogP contribution in [0.3, 0.4) is 0 Å². The molecule has 2 rings (SSSR count). The summed E-state index contributed by atoms with van der Waals surface area (Å²) in [6.07, 6.45) is 0.367. The highest BCUT2D eigenvalue weighted by molar-refractivity contribution is 5.38. The maximum atomic E-state index is 5.91. The van der Waals surface area contributed by atoms with Gasteiger partial charge < -0.3 is 10.1 Å². The third-order valence-electron chi connectivity index (χ3n) is 2.92. The molecule has 82 valence electrons. The minimum Gasteiger partial charge on any atom is -0.487 e. The second-order valence-corrected chi connectivity index (χ2v) is 4.58. The maximum Gasteiger partial charge on any atom is 0.123 e. The summed E-state index contributed by atoms with van der Waals surface area (Å²) in [5, 5.41) is 3.21. The number of aryl methyl sites for hydroxylation is 1. The van der Waals surface area contributed by atoms with Crippen LogP contribution in [0, 0.1) is 6.92 Å². The Bertz CT molecular complexity index is 342. The van der Waals surface area contributed by atoms with Gasteiger partial charge in [0, 0.05) is 13.1 Å². The van der Waals surface area contributed by atoms with Crippen LogP contribution in [0.5, 0.6) is 5.75 Å². The summed E-state index contributed by atoms with van der Waals surface area (Å²) in [7, 11) is 0.